The van der Waals surface area contributed by atoms with Gasteiger partial charge in [0.25, 0.3) is 0 Å². The SMILES string of the molecule is Cc1cc(C)cc(-n2ccnc2SCC(=O)N(C)Cc2ccccc2)c1. The summed E-state index contributed by atoms with van der Waals surface area (Å²) in [7, 11) is 1.84. The number of amides is 1. The van der Waals surface area contributed by atoms with Crippen LogP contribution in [0.15, 0.2) is 66.1 Å². The molecule has 1 aromatic heterocycles. The number of thioether (sulfide) groups is 1. The number of nitrogens with zero attached hydrogens (tertiary/aromatic N) is 3. The molecule has 134 valence electrons. The molecule has 0 aliphatic carbocycles. The zero-order chi connectivity index (χ0) is 18.5. The van der Waals surface area contributed by atoms with Crippen LogP contribution in [0.3, 0.4) is 0 Å². The van der Waals surface area contributed by atoms with Crippen LogP contribution in [-0.2, 0) is 11.3 Å². The van der Waals surface area contributed by atoms with Gasteiger partial charge in [0.1, 0.15) is 0 Å². The normalized spacial score (nSPS) is 10.7. The zero-order valence-corrected chi connectivity index (χ0v) is 16.2. The maximum Gasteiger partial charge on any atom is 0.233 e. The summed E-state index contributed by atoms with van der Waals surface area (Å²) in [4.78, 5) is 18.6. The molecule has 0 bridgehead atoms. The van der Waals surface area contributed by atoms with Crippen molar-refractivity contribution in [3.63, 3.8) is 0 Å². The predicted octanol–water partition coefficient (Wildman–Crippen LogP) is 4.24. The molecule has 4 nitrogen and oxygen atoms in total. The first-order chi connectivity index (χ1) is 12.5. The molecule has 3 aromatic rings. The van der Waals surface area contributed by atoms with E-state index in [0.29, 0.717) is 12.3 Å². The minimum absolute atomic E-state index is 0.0915. The van der Waals surface area contributed by atoms with Gasteiger partial charge in [-0.3, -0.25) is 9.36 Å². The fourth-order valence-electron chi connectivity index (χ4n) is 2.86. The van der Waals surface area contributed by atoms with Gasteiger partial charge in [0.2, 0.25) is 5.91 Å². The molecule has 5 heteroatoms. The summed E-state index contributed by atoms with van der Waals surface area (Å²) in [5, 5.41) is 0.830. The van der Waals surface area contributed by atoms with Gasteiger partial charge in [-0.1, -0.05) is 48.2 Å². The molecule has 0 saturated heterocycles. The Bertz CT molecular complexity index is 869. The van der Waals surface area contributed by atoms with Crippen molar-refractivity contribution >= 4 is 17.7 Å². The largest absolute Gasteiger partial charge is 0.341 e. The van der Waals surface area contributed by atoms with Crippen LogP contribution in [0.25, 0.3) is 5.69 Å². The zero-order valence-electron chi connectivity index (χ0n) is 15.3. The number of hydrogen-bond acceptors (Lipinski definition) is 3. The van der Waals surface area contributed by atoms with Crippen molar-refractivity contribution in [2.24, 2.45) is 0 Å². The molecular formula is C21H23N3OS. The Labute approximate surface area is 158 Å². The minimum Gasteiger partial charge on any atom is -0.341 e. The van der Waals surface area contributed by atoms with Crippen LogP contribution < -0.4 is 0 Å². The average Bonchev–Trinajstić information content (AvgIpc) is 3.08. The van der Waals surface area contributed by atoms with Crippen molar-refractivity contribution in [3.8, 4) is 5.69 Å². The van der Waals surface area contributed by atoms with E-state index in [1.165, 1.54) is 22.9 Å². The van der Waals surface area contributed by atoms with Gasteiger partial charge in [0.15, 0.2) is 5.16 Å². The summed E-state index contributed by atoms with van der Waals surface area (Å²) in [6, 6.07) is 16.4. The second kappa shape index (κ2) is 8.23. The van der Waals surface area contributed by atoms with E-state index in [1.807, 2.05) is 48.1 Å². The van der Waals surface area contributed by atoms with Gasteiger partial charge < -0.3 is 4.90 Å². The van der Waals surface area contributed by atoms with E-state index >= 15 is 0 Å². The molecular weight excluding hydrogens is 342 g/mol. The first kappa shape index (κ1) is 18.3. The highest BCUT2D eigenvalue weighted by Gasteiger charge is 2.13. The van der Waals surface area contributed by atoms with Gasteiger partial charge in [-0.15, -0.1) is 0 Å². The fourth-order valence-corrected chi connectivity index (χ4v) is 3.78. The Morgan fingerprint density at radius 3 is 2.50 bits per heavy atom. The van der Waals surface area contributed by atoms with Crippen molar-refractivity contribution < 1.29 is 4.79 Å². The fraction of sp³-hybridized carbons (Fsp3) is 0.238. The van der Waals surface area contributed by atoms with Crippen LogP contribution in [0.2, 0.25) is 0 Å². The van der Waals surface area contributed by atoms with E-state index in [4.69, 9.17) is 0 Å². The molecule has 0 atom stereocenters. The first-order valence-electron chi connectivity index (χ1n) is 8.55. The summed E-state index contributed by atoms with van der Waals surface area (Å²) < 4.78 is 2.04. The lowest BCUT2D eigenvalue weighted by Gasteiger charge is -2.17. The van der Waals surface area contributed by atoms with Crippen LogP contribution in [0, 0.1) is 13.8 Å². The predicted molar refractivity (Wildman–Crippen MR) is 107 cm³/mol. The quantitative estimate of drug-likeness (QED) is 0.613. The van der Waals surface area contributed by atoms with Gasteiger partial charge in [0.05, 0.1) is 5.75 Å². The molecule has 1 amide bonds. The van der Waals surface area contributed by atoms with E-state index in [2.05, 4.69) is 37.0 Å². The molecule has 3 rings (SSSR count). The topological polar surface area (TPSA) is 38.1 Å². The summed E-state index contributed by atoms with van der Waals surface area (Å²) in [5.41, 5.74) is 4.63. The number of rotatable bonds is 6. The third kappa shape index (κ3) is 4.55. The van der Waals surface area contributed by atoms with Crippen LogP contribution in [0.1, 0.15) is 16.7 Å². The number of hydrogen-bond donors (Lipinski definition) is 0. The van der Waals surface area contributed by atoms with E-state index < -0.39 is 0 Å². The molecule has 26 heavy (non-hydrogen) atoms. The average molecular weight is 366 g/mol. The highest BCUT2D eigenvalue weighted by atomic mass is 32.2. The standard InChI is InChI=1S/C21H23N3OS/c1-16-11-17(2)13-19(12-16)24-10-9-22-21(24)26-15-20(25)23(3)14-18-7-5-4-6-8-18/h4-13H,14-15H2,1-3H3. The molecule has 0 N–H and O–H groups in total. The molecule has 1 heterocycles. The molecule has 0 radical (unpaired) electrons. The van der Waals surface area contributed by atoms with Crippen LogP contribution >= 0.6 is 11.8 Å². The van der Waals surface area contributed by atoms with Gasteiger partial charge in [0, 0.05) is 31.7 Å². The van der Waals surface area contributed by atoms with Crippen molar-refractivity contribution in [1.29, 1.82) is 0 Å². The highest BCUT2D eigenvalue weighted by molar-refractivity contribution is 7.99. The van der Waals surface area contributed by atoms with E-state index in [1.54, 1.807) is 11.1 Å². The van der Waals surface area contributed by atoms with Crippen molar-refractivity contribution in [1.82, 2.24) is 14.5 Å². The molecule has 2 aromatic carbocycles. The van der Waals surface area contributed by atoms with Gasteiger partial charge in [-0.2, -0.15) is 0 Å². The van der Waals surface area contributed by atoms with Crippen molar-refractivity contribution in [2.45, 2.75) is 25.5 Å². The molecule has 0 saturated carbocycles. The Morgan fingerprint density at radius 1 is 1.12 bits per heavy atom. The third-order valence-electron chi connectivity index (χ3n) is 4.10. The highest BCUT2D eigenvalue weighted by Crippen LogP contribution is 2.22. The van der Waals surface area contributed by atoms with E-state index in [9.17, 15) is 4.79 Å². The third-order valence-corrected chi connectivity index (χ3v) is 5.06. The summed E-state index contributed by atoms with van der Waals surface area (Å²) in [6.07, 6.45) is 3.72. The van der Waals surface area contributed by atoms with Crippen LogP contribution in [0.4, 0.5) is 0 Å². The van der Waals surface area contributed by atoms with E-state index in [0.717, 1.165) is 16.4 Å². The minimum atomic E-state index is 0.0915. The smallest absolute Gasteiger partial charge is 0.233 e. The Balaban J connectivity index is 1.65. The summed E-state index contributed by atoms with van der Waals surface area (Å²) in [5.74, 6) is 0.458. The first-order valence-corrected chi connectivity index (χ1v) is 9.54. The number of carbonyl (C=O) groups is 1. The lowest BCUT2D eigenvalue weighted by atomic mass is 10.1. The second-order valence-corrected chi connectivity index (χ2v) is 7.39. The van der Waals surface area contributed by atoms with Crippen molar-refractivity contribution in [2.75, 3.05) is 12.8 Å². The summed E-state index contributed by atoms with van der Waals surface area (Å²) >= 11 is 1.47. The lowest BCUT2D eigenvalue weighted by molar-refractivity contribution is -0.127. The van der Waals surface area contributed by atoms with Crippen LogP contribution in [-0.4, -0.2) is 33.2 Å². The maximum atomic E-state index is 12.5. The Hall–Kier alpha value is -2.53. The monoisotopic (exact) mass is 365 g/mol. The number of carbonyl (C=O) groups excluding carboxylic acids is 1. The molecule has 0 spiro atoms. The molecule has 0 fully saturated rings. The van der Waals surface area contributed by atoms with Gasteiger partial charge in [-0.05, 0) is 42.7 Å². The lowest BCUT2D eigenvalue weighted by Crippen LogP contribution is -2.27. The number of imidazole rings is 1. The van der Waals surface area contributed by atoms with Gasteiger partial charge >= 0.3 is 0 Å². The molecule has 0 aliphatic heterocycles. The molecule has 0 aliphatic rings. The number of aromatic nitrogens is 2. The second-order valence-electron chi connectivity index (χ2n) is 6.45. The van der Waals surface area contributed by atoms with Gasteiger partial charge in [-0.25, -0.2) is 4.98 Å². The van der Waals surface area contributed by atoms with E-state index in [-0.39, 0.29) is 5.91 Å². The van der Waals surface area contributed by atoms with Crippen LogP contribution in [0.5, 0.6) is 0 Å². The maximum absolute atomic E-state index is 12.5. The Morgan fingerprint density at radius 2 is 1.81 bits per heavy atom. The summed E-state index contributed by atoms with van der Waals surface area (Å²) in [6.45, 7) is 4.79. The number of benzene rings is 2. The van der Waals surface area contributed by atoms with Crippen molar-refractivity contribution in [3.05, 3.63) is 77.6 Å². The Kier molecular flexibility index (Phi) is 5.78. The molecule has 0 unspecified atom stereocenters. The number of aryl methyl sites for hydroxylation is 2.